The lowest BCUT2D eigenvalue weighted by Crippen LogP contribution is -2.37. The molecule has 4 nitrogen and oxygen atoms in total. The normalized spacial score (nSPS) is 25.9. The highest BCUT2D eigenvalue weighted by atomic mass is 16.5. The molecule has 2 atom stereocenters. The molecule has 1 saturated heterocycles. The van der Waals surface area contributed by atoms with E-state index in [2.05, 4.69) is 24.3 Å². The molecule has 0 aliphatic carbocycles. The number of nitrogens with one attached hydrogen (secondary N) is 1. The molecule has 16 heavy (non-hydrogen) atoms. The Morgan fingerprint density at radius 3 is 3.06 bits per heavy atom. The Balaban J connectivity index is 1.85. The van der Waals surface area contributed by atoms with E-state index in [1.54, 1.807) is 0 Å². The van der Waals surface area contributed by atoms with Crippen molar-refractivity contribution in [3.05, 3.63) is 17.5 Å². The lowest BCUT2D eigenvalue weighted by molar-refractivity contribution is 0.0130. The Hall–Kier alpha value is -0.870. The van der Waals surface area contributed by atoms with Crippen molar-refractivity contribution >= 4 is 0 Å². The van der Waals surface area contributed by atoms with Crippen molar-refractivity contribution in [2.75, 3.05) is 6.61 Å². The molecule has 0 aromatic carbocycles. The maximum atomic E-state index is 5.53. The largest absolute Gasteiger partial charge is 0.378 e. The third kappa shape index (κ3) is 2.62. The SMILES string of the molecule is Cc1c(CNC2CCOC(C)C2)cnn1C. The molecule has 1 aliphatic rings. The molecule has 0 amide bonds. The van der Waals surface area contributed by atoms with E-state index in [-0.39, 0.29) is 0 Å². The molecule has 0 bridgehead atoms. The Morgan fingerprint density at radius 1 is 1.62 bits per heavy atom. The Labute approximate surface area is 97.0 Å². The molecule has 1 aromatic rings. The molecule has 0 spiro atoms. The van der Waals surface area contributed by atoms with Crippen LogP contribution >= 0.6 is 0 Å². The topological polar surface area (TPSA) is 39.1 Å². The van der Waals surface area contributed by atoms with Crippen molar-refractivity contribution in [2.24, 2.45) is 7.05 Å². The molecule has 1 N–H and O–H groups in total. The minimum Gasteiger partial charge on any atom is -0.378 e. The van der Waals surface area contributed by atoms with Crippen molar-refractivity contribution in [2.45, 2.75) is 45.4 Å². The second-order valence-electron chi connectivity index (χ2n) is 4.66. The second kappa shape index (κ2) is 4.97. The average Bonchev–Trinajstić information content (AvgIpc) is 2.57. The summed E-state index contributed by atoms with van der Waals surface area (Å²) in [6, 6.07) is 0.586. The zero-order valence-electron chi connectivity index (χ0n) is 10.4. The zero-order valence-corrected chi connectivity index (χ0v) is 10.4. The van der Waals surface area contributed by atoms with Crippen LogP contribution in [0.4, 0.5) is 0 Å². The maximum absolute atomic E-state index is 5.53. The lowest BCUT2D eigenvalue weighted by Gasteiger charge is -2.28. The van der Waals surface area contributed by atoms with Crippen LogP contribution in [0.3, 0.4) is 0 Å². The monoisotopic (exact) mass is 223 g/mol. The summed E-state index contributed by atoms with van der Waals surface area (Å²) in [7, 11) is 1.98. The number of hydrogen-bond acceptors (Lipinski definition) is 3. The van der Waals surface area contributed by atoms with Gasteiger partial charge < -0.3 is 10.1 Å². The summed E-state index contributed by atoms with van der Waals surface area (Å²) in [5, 5.41) is 7.84. The number of aryl methyl sites for hydroxylation is 1. The molecule has 0 saturated carbocycles. The van der Waals surface area contributed by atoms with Crippen molar-refractivity contribution in [1.82, 2.24) is 15.1 Å². The summed E-state index contributed by atoms with van der Waals surface area (Å²) >= 11 is 0. The van der Waals surface area contributed by atoms with Gasteiger partial charge >= 0.3 is 0 Å². The molecule has 2 unspecified atom stereocenters. The van der Waals surface area contributed by atoms with Crippen LogP contribution < -0.4 is 5.32 Å². The molecule has 1 aromatic heterocycles. The second-order valence-corrected chi connectivity index (χ2v) is 4.66. The van der Waals surface area contributed by atoms with Crippen LogP contribution in [-0.4, -0.2) is 28.5 Å². The van der Waals surface area contributed by atoms with Gasteiger partial charge in [0.2, 0.25) is 0 Å². The van der Waals surface area contributed by atoms with E-state index >= 15 is 0 Å². The van der Waals surface area contributed by atoms with Gasteiger partial charge in [-0.05, 0) is 26.7 Å². The molecule has 90 valence electrons. The van der Waals surface area contributed by atoms with Crippen LogP contribution in [0.5, 0.6) is 0 Å². The molecular weight excluding hydrogens is 202 g/mol. The minimum atomic E-state index is 0.390. The van der Waals surface area contributed by atoms with Gasteiger partial charge in [-0.3, -0.25) is 4.68 Å². The summed E-state index contributed by atoms with van der Waals surface area (Å²) in [4.78, 5) is 0. The fourth-order valence-electron chi connectivity index (χ4n) is 2.16. The first-order chi connectivity index (χ1) is 7.66. The van der Waals surface area contributed by atoms with Gasteiger partial charge in [-0.1, -0.05) is 0 Å². The fraction of sp³-hybridized carbons (Fsp3) is 0.750. The molecule has 1 aliphatic heterocycles. The van der Waals surface area contributed by atoms with Crippen LogP contribution in [0, 0.1) is 6.92 Å². The van der Waals surface area contributed by atoms with Gasteiger partial charge in [-0.25, -0.2) is 0 Å². The van der Waals surface area contributed by atoms with Gasteiger partial charge in [0.15, 0.2) is 0 Å². The number of ether oxygens (including phenoxy) is 1. The molecule has 2 rings (SSSR count). The first-order valence-corrected chi connectivity index (χ1v) is 5.99. The highest BCUT2D eigenvalue weighted by Crippen LogP contribution is 2.14. The van der Waals surface area contributed by atoms with E-state index in [0.29, 0.717) is 12.1 Å². The van der Waals surface area contributed by atoms with E-state index in [9.17, 15) is 0 Å². The van der Waals surface area contributed by atoms with Crippen molar-refractivity contribution in [3.63, 3.8) is 0 Å². The Kier molecular flexibility index (Phi) is 3.61. The summed E-state index contributed by atoms with van der Waals surface area (Å²) in [6.45, 7) is 6.04. The first-order valence-electron chi connectivity index (χ1n) is 5.99. The minimum absolute atomic E-state index is 0.390. The highest BCUT2D eigenvalue weighted by Gasteiger charge is 2.18. The van der Waals surface area contributed by atoms with Gasteiger partial charge in [0, 0.05) is 37.5 Å². The van der Waals surface area contributed by atoms with Crippen molar-refractivity contribution < 1.29 is 4.74 Å². The predicted molar refractivity (Wildman–Crippen MR) is 63.2 cm³/mol. The Bertz CT molecular complexity index is 348. The summed E-state index contributed by atoms with van der Waals surface area (Å²) < 4.78 is 7.45. The summed E-state index contributed by atoms with van der Waals surface area (Å²) in [5.74, 6) is 0. The molecule has 4 heteroatoms. The van der Waals surface area contributed by atoms with Crippen LogP contribution in [0.1, 0.15) is 31.0 Å². The van der Waals surface area contributed by atoms with Gasteiger partial charge in [-0.15, -0.1) is 0 Å². The average molecular weight is 223 g/mol. The summed E-state index contributed by atoms with van der Waals surface area (Å²) in [5.41, 5.74) is 2.54. The number of rotatable bonds is 3. The molecule has 0 radical (unpaired) electrons. The van der Waals surface area contributed by atoms with Crippen LogP contribution in [0.15, 0.2) is 6.20 Å². The zero-order chi connectivity index (χ0) is 11.5. The first kappa shape index (κ1) is 11.6. The molecular formula is C12H21N3O. The van der Waals surface area contributed by atoms with E-state index in [1.807, 2.05) is 17.9 Å². The number of hydrogen-bond donors (Lipinski definition) is 1. The molecule has 1 fully saturated rings. The van der Waals surface area contributed by atoms with Crippen molar-refractivity contribution in [3.8, 4) is 0 Å². The van der Waals surface area contributed by atoms with Crippen LogP contribution in [0.2, 0.25) is 0 Å². The lowest BCUT2D eigenvalue weighted by atomic mass is 10.0. The highest BCUT2D eigenvalue weighted by molar-refractivity contribution is 5.15. The third-order valence-corrected chi connectivity index (χ3v) is 3.40. The Morgan fingerprint density at radius 2 is 2.44 bits per heavy atom. The van der Waals surface area contributed by atoms with Crippen molar-refractivity contribution in [1.29, 1.82) is 0 Å². The quantitative estimate of drug-likeness (QED) is 0.841. The predicted octanol–water partition coefficient (Wildman–Crippen LogP) is 1.39. The third-order valence-electron chi connectivity index (χ3n) is 3.40. The van der Waals surface area contributed by atoms with Crippen LogP contribution in [-0.2, 0) is 18.3 Å². The maximum Gasteiger partial charge on any atom is 0.0561 e. The van der Waals surface area contributed by atoms with Crippen LogP contribution in [0.25, 0.3) is 0 Å². The standard InChI is InChI=1S/C12H21N3O/c1-9-6-12(4-5-16-9)13-7-11-8-14-15(3)10(11)2/h8-9,12-13H,4-7H2,1-3H3. The number of nitrogens with zero attached hydrogens (tertiary/aromatic N) is 2. The van der Waals surface area contributed by atoms with Gasteiger partial charge in [-0.2, -0.15) is 5.10 Å². The van der Waals surface area contributed by atoms with Gasteiger partial charge in [0.05, 0.1) is 12.3 Å². The fourth-order valence-corrected chi connectivity index (χ4v) is 2.16. The van der Waals surface area contributed by atoms with Gasteiger partial charge in [0.25, 0.3) is 0 Å². The van der Waals surface area contributed by atoms with E-state index in [0.717, 1.165) is 26.0 Å². The smallest absolute Gasteiger partial charge is 0.0561 e. The van der Waals surface area contributed by atoms with Gasteiger partial charge in [0.1, 0.15) is 0 Å². The van der Waals surface area contributed by atoms with E-state index in [1.165, 1.54) is 11.3 Å². The summed E-state index contributed by atoms with van der Waals surface area (Å²) in [6.07, 6.45) is 4.56. The molecule has 2 heterocycles. The number of aromatic nitrogens is 2. The van der Waals surface area contributed by atoms with E-state index < -0.39 is 0 Å². The van der Waals surface area contributed by atoms with E-state index in [4.69, 9.17) is 4.74 Å².